The van der Waals surface area contributed by atoms with E-state index in [1.54, 1.807) is 17.4 Å². The van der Waals surface area contributed by atoms with Crippen LogP contribution >= 0.6 is 22.0 Å². The van der Waals surface area contributed by atoms with Crippen molar-refractivity contribution < 1.29 is 8.42 Å². The number of benzene rings is 1. The van der Waals surface area contributed by atoms with Crippen LogP contribution in [0, 0.1) is 0 Å². The fraction of sp³-hybridized carbons (Fsp3) is 0.364. The predicted molar refractivity (Wildman–Crippen MR) is 70.1 cm³/mol. The highest BCUT2D eigenvalue weighted by Crippen LogP contribution is 2.43. The lowest BCUT2D eigenvalue weighted by Gasteiger charge is -1.98. The van der Waals surface area contributed by atoms with Crippen LogP contribution in [-0.4, -0.2) is 13.4 Å². The summed E-state index contributed by atoms with van der Waals surface area (Å²) in [6.45, 7) is 0. The third kappa shape index (κ3) is 2.46. The molecule has 0 saturated heterocycles. The molecule has 0 bridgehead atoms. The van der Waals surface area contributed by atoms with Crippen LogP contribution in [0.4, 0.5) is 0 Å². The molecule has 0 radical (unpaired) electrons. The Morgan fingerprint density at radius 3 is 2.82 bits per heavy atom. The van der Waals surface area contributed by atoms with Gasteiger partial charge in [-0.2, -0.15) is 0 Å². The van der Waals surface area contributed by atoms with E-state index in [0.717, 1.165) is 15.2 Å². The maximum atomic E-state index is 11.1. The van der Waals surface area contributed by atoms with Crippen LogP contribution in [0.15, 0.2) is 18.2 Å². The van der Waals surface area contributed by atoms with Crippen LogP contribution in [-0.2, 0) is 14.8 Å². The number of rotatable bonds is 3. The van der Waals surface area contributed by atoms with Gasteiger partial charge < -0.3 is 0 Å². The first-order valence-electron chi connectivity index (χ1n) is 5.33. The monoisotopic (exact) mass is 287 g/mol. The zero-order valence-electron chi connectivity index (χ0n) is 8.89. The summed E-state index contributed by atoms with van der Waals surface area (Å²) in [5.74, 6) is 0.438. The second-order valence-corrected chi connectivity index (χ2v) is 8.11. The van der Waals surface area contributed by atoms with E-state index in [4.69, 9.17) is 10.7 Å². The molecule has 1 fully saturated rings. The standard InChI is InChI=1S/C11H10ClNO2S2/c12-17(14,15)6-8-2-1-3-9-10(8)13-11(16-9)7-4-5-7/h1-3,7H,4-6H2. The molecule has 0 aliphatic heterocycles. The smallest absolute Gasteiger partial charge is 0.236 e. The van der Waals surface area contributed by atoms with Crippen molar-refractivity contribution in [1.82, 2.24) is 4.98 Å². The molecule has 3 nitrogen and oxygen atoms in total. The molecule has 0 atom stereocenters. The highest BCUT2D eigenvalue weighted by atomic mass is 35.7. The largest absolute Gasteiger partial charge is 0.241 e. The van der Waals surface area contributed by atoms with Crippen molar-refractivity contribution in [3.05, 3.63) is 28.8 Å². The lowest BCUT2D eigenvalue weighted by Crippen LogP contribution is -1.95. The highest BCUT2D eigenvalue weighted by Gasteiger charge is 2.27. The number of hydrogen-bond donors (Lipinski definition) is 0. The van der Waals surface area contributed by atoms with Gasteiger partial charge in [0.1, 0.15) is 0 Å². The Bertz CT molecular complexity index is 674. The number of fused-ring (bicyclic) bond motifs is 1. The Balaban J connectivity index is 2.11. The van der Waals surface area contributed by atoms with Gasteiger partial charge in [-0.3, -0.25) is 0 Å². The van der Waals surface area contributed by atoms with E-state index in [0.29, 0.717) is 11.5 Å². The summed E-state index contributed by atoms with van der Waals surface area (Å²) in [5.41, 5.74) is 1.49. The van der Waals surface area contributed by atoms with Gasteiger partial charge in [-0.1, -0.05) is 12.1 Å². The average Bonchev–Trinajstić information content (AvgIpc) is 2.97. The van der Waals surface area contributed by atoms with E-state index >= 15 is 0 Å². The first-order chi connectivity index (χ1) is 8.03. The van der Waals surface area contributed by atoms with E-state index in [9.17, 15) is 8.42 Å². The lowest BCUT2D eigenvalue weighted by molar-refractivity contribution is 0.609. The summed E-state index contributed by atoms with van der Waals surface area (Å²) < 4.78 is 23.3. The van der Waals surface area contributed by atoms with Crippen LogP contribution in [0.1, 0.15) is 29.3 Å². The molecule has 2 aromatic rings. The van der Waals surface area contributed by atoms with E-state index < -0.39 is 9.05 Å². The second-order valence-electron chi connectivity index (χ2n) is 4.27. The molecule has 0 spiro atoms. The summed E-state index contributed by atoms with van der Waals surface area (Å²) in [6.07, 6.45) is 2.39. The number of thiazole rings is 1. The Kier molecular flexibility index (Phi) is 2.65. The number of para-hydroxylation sites is 1. The molecule has 1 aliphatic rings. The molecule has 1 aliphatic carbocycles. The molecule has 0 unspecified atom stereocenters. The third-order valence-corrected chi connectivity index (χ3v) is 4.94. The molecule has 0 N–H and O–H groups in total. The van der Waals surface area contributed by atoms with Gasteiger partial charge in [0.15, 0.2) is 0 Å². The Hall–Kier alpha value is -0.650. The number of hydrogen-bond acceptors (Lipinski definition) is 4. The van der Waals surface area contributed by atoms with Gasteiger partial charge in [0.25, 0.3) is 0 Å². The van der Waals surface area contributed by atoms with Gasteiger partial charge in [0.05, 0.1) is 21.0 Å². The fourth-order valence-electron chi connectivity index (χ4n) is 1.83. The number of nitrogens with zero attached hydrogens (tertiary/aromatic N) is 1. The molecule has 1 heterocycles. The highest BCUT2D eigenvalue weighted by molar-refractivity contribution is 8.13. The van der Waals surface area contributed by atoms with Gasteiger partial charge in [-0.15, -0.1) is 11.3 Å². The summed E-state index contributed by atoms with van der Waals surface area (Å²) in [6, 6.07) is 5.61. The van der Waals surface area contributed by atoms with Crippen molar-refractivity contribution in [2.24, 2.45) is 0 Å². The summed E-state index contributed by atoms with van der Waals surface area (Å²) in [7, 11) is 1.77. The van der Waals surface area contributed by atoms with Crippen molar-refractivity contribution in [1.29, 1.82) is 0 Å². The first-order valence-corrected chi connectivity index (χ1v) is 8.63. The Morgan fingerprint density at radius 2 is 2.18 bits per heavy atom. The summed E-state index contributed by atoms with van der Waals surface area (Å²) in [4.78, 5) is 4.55. The molecule has 3 rings (SSSR count). The average molecular weight is 288 g/mol. The van der Waals surface area contributed by atoms with E-state index in [1.807, 2.05) is 12.1 Å². The topological polar surface area (TPSA) is 47.0 Å². The zero-order valence-corrected chi connectivity index (χ0v) is 11.3. The van der Waals surface area contributed by atoms with Gasteiger partial charge >= 0.3 is 0 Å². The zero-order chi connectivity index (χ0) is 12.0. The van der Waals surface area contributed by atoms with Crippen molar-refractivity contribution in [3.63, 3.8) is 0 Å². The number of aromatic nitrogens is 1. The Labute approximate surface area is 108 Å². The van der Waals surface area contributed by atoms with Crippen LogP contribution < -0.4 is 0 Å². The van der Waals surface area contributed by atoms with Gasteiger partial charge in [-0.25, -0.2) is 13.4 Å². The molecular weight excluding hydrogens is 278 g/mol. The second kappa shape index (κ2) is 3.93. The van der Waals surface area contributed by atoms with Crippen molar-refractivity contribution >= 4 is 41.3 Å². The minimum absolute atomic E-state index is 0.153. The summed E-state index contributed by atoms with van der Waals surface area (Å²) >= 11 is 1.66. The minimum atomic E-state index is -3.53. The number of halogens is 1. The van der Waals surface area contributed by atoms with Gasteiger partial charge in [0, 0.05) is 16.6 Å². The maximum absolute atomic E-state index is 11.1. The van der Waals surface area contributed by atoms with Crippen LogP contribution in [0.3, 0.4) is 0 Å². The van der Waals surface area contributed by atoms with Gasteiger partial charge in [0.2, 0.25) is 9.05 Å². The van der Waals surface area contributed by atoms with Crippen LogP contribution in [0.2, 0.25) is 0 Å². The van der Waals surface area contributed by atoms with Crippen molar-refractivity contribution in [2.75, 3.05) is 0 Å². The van der Waals surface area contributed by atoms with Crippen molar-refractivity contribution in [3.8, 4) is 0 Å². The molecule has 6 heteroatoms. The Morgan fingerprint density at radius 1 is 1.41 bits per heavy atom. The molecule has 1 saturated carbocycles. The third-order valence-electron chi connectivity index (χ3n) is 2.77. The quantitative estimate of drug-likeness (QED) is 0.814. The van der Waals surface area contributed by atoms with Crippen LogP contribution in [0.25, 0.3) is 10.2 Å². The molecule has 1 aromatic carbocycles. The van der Waals surface area contributed by atoms with Gasteiger partial charge in [-0.05, 0) is 24.5 Å². The van der Waals surface area contributed by atoms with E-state index in [-0.39, 0.29) is 5.75 Å². The normalized spacial score (nSPS) is 16.5. The molecule has 0 amide bonds. The minimum Gasteiger partial charge on any atom is -0.241 e. The fourth-order valence-corrected chi connectivity index (χ4v) is 3.97. The predicted octanol–water partition coefficient (Wildman–Crippen LogP) is 3.24. The van der Waals surface area contributed by atoms with E-state index in [2.05, 4.69) is 4.98 Å². The van der Waals surface area contributed by atoms with Crippen molar-refractivity contribution in [2.45, 2.75) is 24.5 Å². The summed E-state index contributed by atoms with van der Waals surface area (Å²) in [5, 5.41) is 1.12. The van der Waals surface area contributed by atoms with E-state index in [1.165, 1.54) is 12.8 Å². The molecule has 90 valence electrons. The molecule has 17 heavy (non-hydrogen) atoms. The molecular formula is C11H10ClNO2S2. The van der Waals surface area contributed by atoms with Crippen LogP contribution in [0.5, 0.6) is 0 Å². The lowest BCUT2D eigenvalue weighted by atomic mass is 10.2. The molecule has 1 aromatic heterocycles. The first kappa shape index (κ1) is 11.4. The maximum Gasteiger partial charge on any atom is 0.236 e. The SMILES string of the molecule is O=S(=O)(Cl)Cc1cccc2sc(C3CC3)nc12.